The van der Waals surface area contributed by atoms with Crippen molar-refractivity contribution < 1.29 is 14.0 Å². The molecule has 3 aromatic rings. The second-order valence-corrected chi connectivity index (χ2v) is 7.20. The van der Waals surface area contributed by atoms with E-state index in [1.54, 1.807) is 24.3 Å². The summed E-state index contributed by atoms with van der Waals surface area (Å²) in [5.41, 5.74) is 1.92. The first-order chi connectivity index (χ1) is 12.5. The maximum atomic E-state index is 12.1. The Labute approximate surface area is 162 Å². The molecular weight excluding hydrogens is 418 g/mol. The quantitative estimate of drug-likeness (QED) is 0.458. The Morgan fingerprint density at radius 1 is 1.15 bits per heavy atom. The number of carbonyl (C=O) groups excluding carboxylic acids is 2. The third kappa shape index (κ3) is 4.80. The summed E-state index contributed by atoms with van der Waals surface area (Å²) in [6.45, 7) is 1.48. The van der Waals surface area contributed by atoms with Crippen molar-refractivity contribution in [1.29, 1.82) is 0 Å². The van der Waals surface area contributed by atoms with Gasteiger partial charge >= 0.3 is 0 Å². The van der Waals surface area contributed by atoms with E-state index in [4.69, 9.17) is 4.42 Å². The zero-order valence-electron chi connectivity index (χ0n) is 13.7. The molecule has 1 aromatic heterocycles. The molecule has 0 saturated heterocycles. The van der Waals surface area contributed by atoms with Gasteiger partial charge in [0, 0.05) is 21.3 Å². The summed E-state index contributed by atoms with van der Waals surface area (Å²) in [5, 5.41) is 11.0. The van der Waals surface area contributed by atoms with Crippen LogP contribution in [0.15, 0.2) is 62.6 Å². The van der Waals surface area contributed by atoms with Crippen LogP contribution < -0.4 is 5.32 Å². The van der Waals surface area contributed by atoms with Crippen LogP contribution in [0, 0.1) is 0 Å². The van der Waals surface area contributed by atoms with Crippen molar-refractivity contribution in [2.75, 3.05) is 11.1 Å². The minimum Gasteiger partial charge on any atom is -0.411 e. The van der Waals surface area contributed by atoms with Gasteiger partial charge in [-0.2, -0.15) is 0 Å². The number of hydrogen-bond acceptors (Lipinski definition) is 6. The molecular formula is C18H14BrN3O3S. The second-order valence-electron chi connectivity index (χ2n) is 5.35. The average Bonchev–Trinajstić information content (AvgIpc) is 3.10. The minimum atomic E-state index is -0.223. The standard InChI is InChI=1S/C18H14BrN3O3S/c1-11(23)13-3-2-4-15(9-13)20-16(24)10-26-18-22-21-17(25-18)12-5-7-14(19)8-6-12/h2-9H,10H2,1H3,(H,20,24). The minimum absolute atomic E-state index is 0.0539. The number of benzene rings is 2. The lowest BCUT2D eigenvalue weighted by atomic mass is 10.1. The van der Waals surface area contributed by atoms with Crippen molar-refractivity contribution in [3.05, 3.63) is 58.6 Å². The Hall–Kier alpha value is -2.45. The number of anilines is 1. The number of carbonyl (C=O) groups is 2. The first-order valence-electron chi connectivity index (χ1n) is 7.64. The molecule has 6 nitrogen and oxygen atoms in total. The van der Waals surface area contributed by atoms with Gasteiger partial charge in [0.25, 0.3) is 5.22 Å². The lowest BCUT2D eigenvalue weighted by molar-refractivity contribution is -0.113. The largest absolute Gasteiger partial charge is 0.411 e. The van der Waals surface area contributed by atoms with E-state index < -0.39 is 0 Å². The molecule has 2 aromatic carbocycles. The smallest absolute Gasteiger partial charge is 0.277 e. The van der Waals surface area contributed by atoms with Crippen LogP contribution in [-0.2, 0) is 4.79 Å². The van der Waals surface area contributed by atoms with E-state index >= 15 is 0 Å². The summed E-state index contributed by atoms with van der Waals surface area (Å²) in [4.78, 5) is 23.5. The van der Waals surface area contributed by atoms with E-state index in [1.807, 2.05) is 24.3 Å². The second kappa shape index (κ2) is 8.29. The van der Waals surface area contributed by atoms with Crippen molar-refractivity contribution >= 4 is 45.1 Å². The van der Waals surface area contributed by atoms with Crippen molar-refractivity contribution in [1.82, 2.24) is 10.2 Å². The first-order valence-corrected chi connectivity index (χ1v) is 9.42. The normalized spacial score (nSPS) is 10.5. The summed E-state index contributed by atoms with van der Waals surface area (Å²) >= 11 is 4.52. The fraction of sp³-hybridized carbons (Fsp3) is 0.111. The van der Waals surface area contributed by atoms with Crippen LogP contribution in [0.2, 0.25) is 0 Å². The molecule has 0 aliphatic carbocycles. The van der Waals surface area contributed by atoms with E-state index in [1.165, 1.54) is 6.92 Å². The summed E-state index contributed by atoms with van der Waals surface area (Å²) in [6, 6.07) is 14.3. The van der Waals surface area contributed by atoms with E-state index in [-0.39, 0.29) is 17.4 Å². The van der Waals surface area contributed by atoms with Crippen molar-refractivity contribution in [2.45, 2.75) is 12.1 Å². The molecule has 3 rings (SSSR count). The maximum Gasteiger partial charge on any atom is 0.277 e. The van der Waals surface area contributed by atoms with Gasteiger partial charge in [0.2, 0.25) is 11.8 Å². The van der Waals surface area contributed by atoms with Crippen LogP contribution in [0.25, 0.3) is 11.5 Å². The van der Waals surface area contributed by atoms with Crippen LogP contribution in [0.3, 0.4) is 0 Å². The highest BCUT2D eigenvalue weighted by Crippen LogP contribution is 2.24. The number of amides is 1. The number of ketones is 1. The van der Waals surface area contributed by atoms with Gasteiger partial charge in [-0.15, -0.1) is 10.2 Å². The summed E-state index contributed by atoms with van der Waals surface area (Å²) in [6.07, 6.45) is 0. The number of Topliss-reactive ketones (excluding diaryl/α,β-unsaturated/α-hetero) is 1. The molecule has 0 saturated carbocycles. The van der Waals surface area contributed by atoms with Crippen LogP contribution in [0.5, 0.6) is 0 Å². The predicted molar refractivity (Wildman–Crippen MR) is 103 cm³/mol. The molecule has 0 fully saturated rings. The van der Waals surface area contributed by atoms with Gasteiger partial charge in [-0.3, -0.25) is 9.59 Å². The Balaban J connectivity index is 1.57. The van der Waals surface area contributed by atoms with Crippen molar-refractivity contribution in [3.8, 4) is 11.5 Å². The molecule has 0 aliphatic rings. The summed E-state index contributed by atoms with van der Waals surface area (Å²) < 4.78 is 6.52. The van der Waals surface area contributed by atoms with Gasteiger partial charge in [0.15, 0.2) is 5.78 Å². The molecule has 132 valence electrons. The Morgan fingerprint density at radius 2 is 1.92 bits per heavy atom. The Kier molecular flexibility index (Phi) is 5.85. The molecule has 8 heteroatoms. The third-order valence-electron chi connectivity index (χ3n) is 3.38. The zero-order valence-corrected chi connectivity index (χ0v) is 16.1. The molecule has 1 N–H and O–H groups in total. The van der Waals surface area contributed by atoms with Crippen LogP contribution >= 0.6 is 27.7 Å². The summed E-state index contributed by atoms with van der Waals surface area (Å²) in [7, 11) is 0. The SMILES string of the molecule is CC(=O)c1cccc(NC(=O)CSc2nnc(-c3ccc(Br)cc3)o2)c1. The number of nitrogens with one attached hydrogen (secondary N) is 1. The molecule has 0 atom stereocenters. The number of thioether (sulfide) groups is 1. The molecule has 0 spiro atoms. The Bertz CT molecular complexity index is 941. The molecule has 26 heavy (non-hydrogen) atoms. The highest BCUT2D eigenvalue weighted by Gasteiger charge is 2.12. The fourth-order valence-corrected chi connectivity index (χ4v) is 2.95. The average molecular weight is 432 g/mol. The number of rotatable bonds is 6. The van der Waals surface area contributed by atoms with Gasteiger partial charge in [-0.05, 0) is 43.3 Å². The molecule has 0 unspecified atom stereocenters. The zero-order chi connectivity index (χ0) is 18.5. The predicted octanol–water partition coefficient (Wildman–Crippen LogP) is 4.43. The highest BCUT2D eigenvalue weighted by atomic mass is 79.9. The molecule has 0 bridgehead atoms. The van der Waals surface area contributed by atoms with Crippen LogP contribution in [0.1, 0.15) is 17.3 Å². The van der Waals surface area contributed by atoms with E-state index in [0.717, 1.165) is 21.8 Å². The number of hydrogen-bond donors (Lipinski definition) is 1. The van der Waals surface area contributed by atoms with E-state index in [0.29, 0.717) is 22.4 Å². The van der Waals surface area contributed by atoms with Crippen molar-refractivity contribution in [3.63, 3.8) is 0 Å². The number of aromatic nitrogens is 2. The summed E-state index contributed by atoms with van der Waals surface area (Å²) in [5.74, 6) is 0.238. The first kappa shape index (κ1) is 18.3. The number of halogens is 1. The van der Waals surface area contributed by atoms with E-state index in [2.05, 4.69) is 31.4 Å². The lowest BCUT2D eigenvalue weighted by Gasteiger charge is -2.05. The van der Waals surface area contributed by atoms with Crippen molar-refractivity contribution in [2.24, 2.45) is 0 Å². The Morgan fingerprint density at radius 3 is 2.65 bits per heavy atom. The van der Waals surface area contributed by atoms with Gasteiger partial charge in [-0.25, -0.2) is 0 Å². The number of nitrogens with zero attached hydrogens (tertiary/aromatic N) is 2. The highest BCUT2D eigenvalue weighted by molar-refractivity contribution is 9.10. The van der Waals surface area contributed by atoms with Crippen LogP contribution in [0.4, 0.5) is 5.69 Å². The lowest BCUT2D eigenvalue weighted by Crippen LogP contribution is -2.14. The van der Waals surface area contributed by atoms with E-state index in [9.17, 15) is 9.59 Å². The topological polar surface area (TPSA) is 85.1 Å². The molecule has 0 aliphatic heterocycles. The monoisotopic (exact) mass is 431 g/mol. The van der Waals surface area contributed by atoms with Gasteiger partial charge in [-0.1, -0.05) is 39.8 Å². The maximum absolute atomic E-state index is 12.1. The molecule has 1 heterocycles. The van der Waals surface area contributed by atoms with Gasteiger partial charge in [0.1, 0.15) is 0 Å². The fourth-order valence-electron chi connectivity index (χ4n) is 2.12. The van der Waals surface area contributed by atoms with Crippen LogP contribution in [-0.4, -0.2) is 27.6 Å². The molecule has 0 radical (unpaired) electrons. The third-order valence-corrected chi connectivity index (χ3v) is 4.72. The molecule has 1 amide bonds. The van der Waals surface area contributed by atoms with Gasteiger partial charge < -0.3 is 9.73 Å². The van der Waals surface area contributed by atoms with Gasteiger partial charge in [0.05, 0.1) is 5.75 Å².